The summed E-state index contributed by atoms with van der Waals surface area (Å²) in [7, 11) is 0. The van der Waals surface area contributed by atoms with Crippen LogP contribution in [0.4, 0.5) is 0 Å². The molecule has 0 aromatic carbocycles. The maximum Gasteiger partial charge on any atom is 0.306 e. The van der Waals surface area contributed by atoms with E-state index >= 15 is 0 Å². The summed E-state index contributed by atoms with van der Waals surface area (Å²) in [5.41, 5.74) is 0. The van der Waals surface area contributed by atoms with Gasteiger partial charge in [-0.1, -0.05) is 200 Å². The fourth-order valence-electron chi connectivity index (χ4n) is 5.67. The van der Waals surface area contributed by atoms with Crippen LogP contribution in [0.1, 0.15) is 175 Å². The topological polar surface area (TPSA) is 78.9 Å². The van der Waals surface area contributed by atoms with E-state index in [1.807, 2.05) is 48.6 Å². The molecule has 0 fully saturated rings. The number of ether oxygens (including phenoxy) is 3. The third kappa shape index (κ3) is 44.8. The van der Waals surface area contributed by atoms with Gasteiger partial charge in [0.15, 0.2) is 6.10 Å². The lowest BCUT2D eigenvalue weighted by Crippen LogP contribution is -2.30. The summed E-state index contributed by atoms with van der Waals surface area (Å²) in [6, 6.07) is 0. The van der Waals surface area contributed by atoms with Crippen molar-refractivity contribution in [1.29, 1.82) is 0 Å². The van der Waals surface area contributed by atoms with Crippen LogP contribution in [-0.2, 0) is 28.6 Å². The van der Waals surface area contributed by atoms with Crippen molar-refractivity contribution in [3.63, 3.8) is 0 Å². The van der Waals surface area contributed by atoms with Crippen LogP contribution in [-0.4, -0.2) is 37.2 Å². The van der Waals surface area contributed by atoms with Crippen LogP contribution in [0, 0.1) is 0 Å². The summed E-state index contributed by atoms with van der Waals surface area (Å²) >= 11 is 0. The van der Waals surface area contributed by atoms with Crippen LogP contribution >= 0.6 is 0 Å². The van der Waals surface area contributed by atoms with Crippen LogP contribution in [0.25, 0.3) is 0 Å². The van der Waals surface area contributed by atoms with Crippen LogP contribution < -0.4 is 0 Å². The molecular formula is C53H82O6. The smallest absolute Gasteiger partial charge is 0.306 e. The fraction of sp³-hybridized carbons (Fsp3) is 0.566. The zero-order valence-corrected chi connectivity index (χ0v) is 37.5. The lowest BCUT2D eigenvalue weighted by atomic mass is 10.1. The maximum absolute atomic E-state index is 12.7. The third-order valence-corrected chi connectivity index (χ3v) is 9.15. The first-order valence-corrected chi connectivity index (χ1v) is 23.2. The van der Waals surface area contributed by atoms with Gasteiger partial charge < -0.3 is 14.2 Å². The molecule has 0 aliphatic rings. The lowest BCUT2D eigenvalue weighted by Gasteiger charge is -2.18. The Hall–Kier alpha value is -4.19. The minimum Gasteiger partial charge on any atom is -0.462 e. The normalized spacial score (nSPS) is 13.2. The van der Waals surface area contributed by atoms with Crippen molar-refractivity contribution >= 4 is 17.9 Å². The third-order valence-electron chi connectivity index (χ3n) is 9.15. The van der Waals surface area contributed by atoms with Crippen molar-refractivity contribution in [2.45, 2.75) is 181 Å². The summed E-state index contributed by atoms with van der Waals surface area (Å²) in [6.07, 6.45) is 63.2. The van der Waals surface area contributed by atoms with Gasteiger partial charge in [0.2, 0.25) is 0 Å². The average molecular weight is 815 g/mol. The van der Waals surface area contributed by atoms with E-state index in [-0.39, 0.29) is 31.1 Å². The van der Waals surface area contributed by atoms with Crippen molar-refractivity contribution in [1.82, 2.24) is 0 Å². The van der Waals surface area contributed by atoms with E-state index < -0.39 is 6.10 Å². The molecule has 6 nitrogen and oxygen atoms in total. The van der Waals surface area contributed by atoms with Crippen LogP contribution in [0.15, 0.2) is 122 Å². The molecule has 59 heavy (non-hydrogen) atoms. The fourth-order valence-corrected chi connectivity index (χ4v) is 5.67. The van der Waals surface area contributed by atoms with Crippen LogP contribution in [0.3, 0.4) is 0 Å². The van der Waals surface area contributed by atoms with Crippen molar-refractivity contribution in [3.8, 4) is 0 Å². The molecular weight excluding hydrogens is 733 g/mol. The summed E-state index contributed by atoms with van der Waals surface area (Å²) < 4.78 is 16.7. The second-order valence-corrected chi connectivity index (χ2v) is 14.8. The molecule has 1 unspecified atom stereocenters. The molecule has 0 aromatic heterocycles. The van der Waals surface area contributed by atoms with Gasteiger partial charge in [-0.05, 0) is 77.0 Å². The highest BCUT2D eigenvalue weighted by atomic mass is 16.6. The first-order chi connectivity index (χ1) is 29.0. The molecule has 0 saturated heterocycles. The molecule has 0 saturated carbocycles. The average Bonchev–Trinajstić information content (AvgIpc) is 3.23. The maximum atomic E-state index is 12.7. The largest absolute Gasteiger partial charge is 0.462 e. The number of esters is 3. The Labute approximate surface area is 361 Å². The van der Waals surface area contributed by atoms with Crippen molar-refractivity contribution < 1.29 is 28.6 Å². The summed E-state index contributed by atoms with van der Waals surface area (Å²) in [4.78, 5) is 37.8. The van der Waals surface area contributed by atoms with Gasteiger partial charge >= 0.3 is 17.9 Å². The minimum atomic E-state index is -0.815. The van der Waals surface area contributed by atoms with Gasteiger partial charge in [0.05, 0.1) is 0 Å². The number of unbranched alkanes of at least 4 members (excludes halogenated alkanes) is 15. The van der Waals surface area contributed by atoms with Crippen LogP contribution in [0.5, 0.6) is 0 Å². The van der Waals surface area contributed by atoms with Gasteiger partial charge in [0.25, 0.3) is 0 Å². The number of hydrogen-bond donors (Lipinski definition) is 0. The van der Waals surface area contributed by atoms with E-state index in [1.165, 1.54) is 32.1 Å². The number of allylic oxidation sites excluding steroid dienone is 20. The Kier molecular flexibility index (Phi) is 43.2. The second kappa shape index (κ2) is 46.5. The lowest BCUT2D eigenvalue weighted by molar-refractivity contribution is -0.167. The standard InChI is InChI=1S/C53H82O6/c1-4-7-10-13-16-19-22-24-26-28-31-34-37-40-43-46-52(55)58-49-50(48-57-51(54)45-42-39-36-33-30-21-18-15-12-9-6-3)59-53(56)47-44-41-38-35-32-29-27-25-23-20-17-14-11-8-5-2/h7-8,10-11,13-24,26,28,30-31,50H,4-6,9,12,25,27,29,32-49H2,1-3H3/b10-7-,11-8-,16-13-,17-14-,18-15-,22-19-,23-20-,26-24-,30-21-,31-28-. The Balaban J connectivity index is 4.55. The minimum absolute atomic E-state index is 0.115. The zero-order valence-electron chi connectivity index (χ0n) is 37.5. The summed E-state index contributed by atoms with van der Waals surface area (Å²) in [5.74, 6) is -1.01. The number of hydrogen-bond acceptors (Lipinski definition) is 6. The zero-order chi connectivity index (χ0) is 43.0. The molecule has 330 valence electrons. The highest BCUT2D eigenvalue weighted by Crippen LogP contribution is 2.12. The molecule has 0 amide bonds. The number of rotatable bonds is 39. The van der Waals surface area contributed by atoms with Gasteiger partial charge in [-0.3, -0.25) is 14.4 Å². The molecule has 0 aliphatic carbocycles. The quantitative estimate of drug-likeness (QED) is 0.0266. The number of carbonyl (C=O) groups excluding carboxylic acids is 3. The predicted octanol–water partition coefficient (Wildman–Crippen LogP) is 15.0. The SMILES string of the molecule is CC\C=C/C=C\C=C/C=C\C=C/CCCCCC(=O)OCC(COC(=O)CCCCC/C=C\C=C/CCCC)OC(=O)CCCCCCCCC\C=C/C=C\C=C/CC. The molecule has 0 radical (unpaired) electrons. The molecule has 1 atom stereocenters. The molecule has 0 heterocycles. The van der Waals surface area contributed by atoms with Crippen LogP contribution in [0.2, 0.25) is 0 Å². The van der Waals surface area contributed by atoms with Gasteiger partial charge in [-0.2, -0.15) is 0 Å². The predicted molar refractivity (Wildman–Crippen MR) is 251 cm³/mol. The Morgan fingerprint density at radius 1 is 0.356 bits per heavy atom. The van der Waals surface area contributed by atoms with Gasteiger partial charge in [0, 0.05) is 19.3 Å². The van der Waals surface area contributed by atoms with Gasteiger partial charge in [0.1, 0.15) is 13.2 Å². The van der Waals surface area contributed by atoms with E-state index in [0.717, 1.165) is 103 Å². The highest BCUT2D eigenvalue weighted by Gasteiger charge is 2.19. The molecule has 0 spiro atoms. The van der Waals surface area contributed by atoms with E-state index in [0.29, 0.717) is 19.3 Å². The van der Waals surface area contributed by atoms with E-state index in [4.69, 9.17) is 14.2 Å². The summed E-state index contributed by atoms with van der Waals surface area (Å²) in [5, 5.41) is 0. The molecule has 0 rings (SSSR count). The van der Waals surface area contributed by atoms with E-state index in [2.05, 4.69) is 93.7 Å². The summed E-state index contributed by atoms with van der Waals surface area (Å²) in [6.45, 7) is 6.20. The van der Waals surface area contributed by atoms with Crippen molar-refractivity contribution in [3.05, 3.63) is 122 Å². The van der Waals surface area contributed by atoms with E-state index in [1.54, 1.807) is 0 Å². The second-order valence-electron chi connectivity index (χ2n) is 14.8. The van der Waals surface area contributed by atoms with Gasteiger partial charge in [-0.25, -0.2) is 0 Å². The van der Waals surface area contributed by atoms with Gasteiger partial charge in [-0.15, -0.1) is 0 Å². The molecule has 0 aliphatic heterocycles. The van der Waals surface area contributed by atoms with Crippen molar-refractivity contribution in [2.75, 3.05) is 13.2 Å². The monoisotopic (exact) mass is 815 g/mol. The highest BCUT2D eigenvalue weighted by molar-refractivity contribution is 5.71. The molecule has 0 N–H and O–H groups in total. The van der Waals surface area contributed by atoms with E-state index in [9.17, 15) is 14.4 Å². The Bertz CT molecular complexity index is 1300. The first-order valence-electron chi connectivity index (χ1n) is 23.2. The first kappa shape index (κ1) is 54.8. The Morgan fingerprint density at radius 3 is 1.07 bits per heavy atom. The molecule has 0 aromatic rings. The molecule has 0 bridgehead atoms. The van der Waals surface area contributed by atoms with Crippen molar-refractivity contribution in [2.24, 2.45) is 0 Å². The number of carbonyl (C=O) groups is 3. The molecule has 6 heteroatoms. The Morgan fingerprint density at radius 2 is 0.661 bits per heavy atom.